The molecule has 10 nitrogen and oxygen atoms in total. The van der Waals surface area contributed by atoms with Gasteiger partial charge < -0.3 is 10.4 Å². The van der Waals surface area contributed by atoms with Crippen molar-refractivity contribution in [2.75, 3.05) is 5.32 Å². The third-order valence-corrected chi connectivity index (χ3v) is 4.91. The van der Waals surface area contributed by atoms with Crippen molar-refractivity contribution in [2.45, 2.75) is 11.8 Å². The molecule has 0 heterocycles. The third kappa shape index (κ3) is 7.36. The monoisotopic (exact) mass is 474 g/mol. The van der Waals surface area contributed by atoms with Crippen LogP contribution in [0.25, 0.3) is 0 Å². The van der Waals surface area contributed by atoms with Crippen molar-refractivity contribution in [3.8, 4) is 5.75 Å². The van der Waals surface area contributed by atoms with Crippen molar-refractivity contribution in [2.24, 2.45) is 10.2 Å². The van der Waals surface area contributed by atoms with E-state index in [0.29, 0.717) is 17.1 Å². The summed E-state index contributed by atoms with van der Waals surface area (Å²) in [6, 6.07) is 14.3. The molecule has 0 atom stereocenters. The molecule has 3 aromatic carbocycles. The standard InChI is InChI=1S/C19H16N4O6S.2Na/c1-12-10-15(24)6-8-17(12)22-21-14-4-2-13(3-5-14)20-18-9-7-16(30(27,28)29)11-19(18)23(25)26;;/h2-11,20,24H,1H3,(H,27,28,29);;. The summed E-state index contributed by atoms with van der Waals surface area (Å²) in [7, 11) is -4.56. The molecule has 0 saturated carbocycles. The van der Waals surface area contributed by atoms with Gasteiger partial charge in [0.05, 0.1) is 16.3 Å². The first-order chi connectivity index (χ1) is 14.1. The van der Waals surface area contributed by atoms with Gasteiger partial charge in [0, 0.05) is 70.9 Å². The summed E-state index contributed by atoms with van der Waals surface area (Å²) >= 11 is 0. The molecular formula is C19H16N4Na2O6S. The van der Waals surface area contributed by atoms with E-state index in [1.807, 2.05) is 0 Å². The summed E-state index contributed by atoms with van der Waals surface area (Å²) in [6.45, 7) is 1.79. The van der Waals surface area contributed by atoms with Gasteiger partial charge in [-0.15, -0.1) is 0 Å². The Kier molecular flexibility index (Phi) is 10.5. The minimum atomic E-state index is -4.56. The Morgan fingerprint density at radius 3 is 2.19 bits per heavy atom. The predicted molar refractivity (Wildman–Crippen MR) is 121 cm³/mol. The molecule has 3 N–H and O–H groups in total. The molecule has 3 aromatic rings. The van der Waals surface area contributed by atoms with Gasteiger partial charge in [-0.1, -0.05) is 0 Å². The number of nitrogens with one attached hydrogen (secondary N) is 1. The average molecular weight is 474 g/mol. The van der Waals surface area contributed by atoms with Crippen LogP contribution in [0.3, 0.4) is 0 Å². The minimum Gasteiger partial charge on any atom is -0.508 e. The molecule has 0 fully saturated rings. The smallest absolute Gasteiger partial charge is 0.294 e. The van der Waals surface area contributed by atoms with E-state index in [4.69, 9.17) is 4.55 Å². The number of rotatable bonds is 6. The van der Waals surface area contributed by atoms with Gasteiger partial charge in [0.1, 0.15) is 16.3 Å². The van der Waals surface area contributed by atoms with Crippen LogP contribution in [0.4, 0.5) is 28.4 Å². The fourth-order valence-electron chi connectivity index (χ4n) is 2.56. The second-order valence-corrected chi connectivity index (χ2v) is 7.68. The number of phenols is 1. The van der Waals surface area contributed by atoms with E-state index in [-0.39, 0.29) is 70.6 Å². The average Bonchev–Trinajstić information content (AvgIpc) is 2.68. The van der Waals surface area contributed by atoms with Crippen LogP contribution in [-0.4, -0.2) is 82.1 Å². The number of nitro groups is 1. The Morgan fingerprint density at radius 1 is 0.969 bits per heavy atom. The van der Waals surface area contributed by atoms with Gasteiger partial charge >= 0.3 is 0 Å². The summed E-state index contributed by atoms with van der Waals surface area (Å²) in [4.78, 5) is 9.94. The fraction of sp³-hybridized carbons (Fsp3) is 0.0526. The maximum atomic E-state index is 11.3. The molecule has 0 aliphatic heterocycles. The Bertz CT molecular complexity index is 1250. The fourth-order valence-corrected chi connectivity index (χ4v) is 3.06. The quantitative estimate of drug-likeness (QED) is 0.159. The molecule has 156 valence electrons. The molecular weight excluding hydrogens is 458 g/mol. The molecule has 0 amide bonds. The molecule has 0 bridgehead atoms. The van der Waals surface area contributed by atoms with Crippen molar-refractivity contribution in [3.05, 3.63) is 76.3 Å². The van der Waals surface area contributed by atoms with E-state index in [1.165, 1.54) is 12.1 Å². The number of azo groups is 1. The summed E-state index contributed by atoms with van der Waals surface area (Å²) in [5.74, 6) is 0.139. The molecule has 0 spiro atoms. The molecule has 0 aliphatic rings. The molecule has 0 saturated heterocycles. The van der Waals surface area contributed by atoms with E-state index in [2.05, 4.69) is 15.5 Å². The van der Waals surface area contributed by atoms with Gasteiger partial charge in [-0.3, -0.25) is 14.7 Å². The third-order valence-electron chi connectivity index (χ3n) is 4.06. The number of aryl methyl sites for hydroxylation is 1. The molecule has 0 unspecified atom stereocenters. The summed E-state index contributed by atoms with van der Waals surface area (Å²) < 4.78 is 31.5. The van der Waals surface area contributed by atoms with Gasteiger partial charge in [-0.05, 0) is 67.1 Å². The largest absolute Gasteiger partial charge is 0.508 e. The number of hydrogen-bond donors (Lipinski definition) is 3. The van der Waals surface area contributed by atoms with Crippen LogP contribution in [0.5, 0.6) is 5.75 Å². The van der Waals surface area contributed by atoms with Gasteiger partial charge in [0.25, 0.3) is 15.8 Å². The van der Waals surface area contributed by atoms with Gasteiger partial charge in [-0.2, -0.15) is 18.6 Å². The zero-order chi connectivity index (χ0) is 21.9. The zero-order valence-electron chi connectivity index (χ0n) is 17.6. The number of anilines is 2. The van der Waals surface area contributed by atoms with Crippen LogP contribution in [-0.2, 0) is 10.1 Å². The Morgan fingerprint density at radius 2 is 1.62 bits per heavy atom. The van der Waals surface area contributed by atoms with Gasteiger partial charge in [0.15, 0.2) is 0 Å². The Balaban J connectivity index is 0.00000256. The summed E-state index contributed by atoms with van der Waals surface area (Å²) in [5, 5.41) is 31.7. The first-order valence-electron chi connectivity index (χ1n) is 8.48. The Labute approximate surface area is 228 Å². The Hall–Kier alpha value is -1.83. The van der Waals surface area contributed by atoms with Crippen molar-refractivity contribution in [1.29, 1.82) is 0 Å². The molecule has 0 aliphatic carbocycles. The first kappa shape index (κ1) is 28.2. The van der Waals surface area contributed by atoms with Crippen LogP contribution >= 0.6 is 0 Å². The second-order valence-electron chi connectivity index (χ2n) is 6.25. The number of nitrogens with zero attached hydrogens (tertiary/aromatic N) is 3. The van der Waals surface area contributed by atoms with E-state index < -0.39 is 25.6 Å². The first-order valence-corrected chi connectivity index (χ1v) is 9.92. The van der Waals surface area contributed by atoms with E-state index in [1.54, 1.807) is 43.3 Å². The zero-order valence-corrected chi connectivity index (χ0v) is 22.4. The van der Waals surface area contributed by atoms with Crippen LogP contribution in [0, 0.1) is 17.0 Å². The van der Waals surface area contributed by atoms with Gasteiger partial charge in [-0.25, -0.2) is 0 Å². The van der Waals surface area contributed by atoms with Crippen LogP contribution in [0.2, 0.25) is 0 Å². The van der Waals surface area contributed by atoms with Crippen molar-refractivity contribution in [1.82, 2.24) is 0 Å². The topological polar surface area (TPSA) is 154 Å². The summed E-state index contributed by atoms with van der Waals surface area (Å²) in [6.07, 6.45) is 0. The molecule has 32 heavy (non-hydrogen) atoms. The number of aromatic hydroxyl groups is 1. The maximum Gasteiger partial charge on any atom is 0.294 e. The van der Waals surface area contributed by atoms with Crippen LogP contribution in [0.1, 0.15) is 5.56 Å². The number of nitro benzene ring substituents is 1. The van der Waals surface area contributed by atoms with Gasteiger partial charge in [0.2, 0.25) is 0 Å². The summed E-state index contributed by atoms with van der Waals surface area (Å²) in [5.41, 5.74) is 1.95. The maximum absolute atomic E-state index is 11.3. The van der Waals surface area contributed by atoms with Crippen molar-refractivity contribution < 1.29 is 23.0 Å². The molecule has 2 radical (unpaired) electrons. The van der Waals surface area contributed by atoms with E-state index >= 15 is 0 Å². The van der Waals surface area contributed by atoms with Crippen molar-refractivity contribution >= 4 is 97.7 Å². The molecule has 0 aromatic heterocycles. The van der Waals surface area contributed by atoms with Crippen molar-refractivity contribution in [3.63, 3.8) is 0 Å². The number of phenolic OH excluding ortho intramolecular Hbond substituents is 1. The SMILES string of the molecule is Cc1cc(O)ccc1N=Nc1ccc(Nc2ccc(S(=O)(=O)O)cc2[N+](=O)[O-])cc1.[Na].[Na]. The normalized spacial score (nSPS) is 10.8. The van der Waals surface area contributed by atoms with E-state index in [9.17, 15) is 23.6 Å². The predicted octanol–water partition coefficient (Wildman–Crippen LogP) is 4.25. The molecule has 13 heteroatoms. The number of benzene rings is 3. The minimum absolute atomic E-state index is 0. The molecule has 3 rings (SSSR count). The van der Waals surface area contributed by atoms with E-state index in [0.717, 1.165) is 17.7 Å². The second kappa shape index (κ2) is 11.9. The van der Waals surface area contributed by atoms with Crippen LogP contribution < -0.4 is 5.32 Å². The van der Waals surface area contributed by atoms with Crippen LogP contribution in [0.15, 0.2) is 75.8 Å². The number of hydrogen-bond acceptors (Lipinski definition) is 8.